The van der Waals surface area contributed by atoms with Gasteiger partial charge in [0.05, 0.1) is 7.11 Å². The molecule has 1 saturated heterocycles. The molecule has 0 aliphatic carbocycles. The number of pyridine rings is 1. The van der Waals surface area contributed by atoms with Crippen molar-refractivity contribution in [1.82, 2.24) is 19.4 Å². The van der Waals surface area contributed by atoms with E-state index in [-0.39, 0.29) is 12.0 Å². The van der Waals surface area contributed by atoms with Gasteiger partial charge >= 0.3 is 5.97 Å². The SMILES string of the molecule is COC(=O)[C@H](c1cccnc1)N1CCC[C@@H](Cc2nccn2C)C1. The zero-order valence-electron chi connectivity index (χ0n) is 14.3. The number of imidazole rings is 1. The van der Waals surface area contributed by atoms with E-state index >= 15 is 0 Å². The highest BCUT2D eigenvalue weighted by atomic mass is 16.5. The molecule has 1 fully saturated rings. The molecule has 6 heteroatoms. The molecule has 1 aliphatic rings. The monoisotopic (exact) mass is 328 g/mol. The number of carbonyl (C=O) groups is 1. The number of carbonyl (C=O) groups excluding carboxylic acids is 1. The van der Waals surface area contributed by atoms with E-state index in [1.54, 1.807) is 12.4 Å². The highest BCUT2D eigenvalue weighted by molar-refractivity contribution is 5.77. The Kier molecular flexibility index (Phi) is 5.25. The third kappa shape index (κ3) is 3.64. The van der Waals surface area contributed by atoms with Crippen molar-refractivity contribution in [3.8, 4) is 0 Å². The minimum atomic E-state index is -0.382. The molecule has 2 aromatic heterocycles. The van der Waals surface area contributed by atoms with E-state index < -0.39 is 0 Å². The molecule has 6 nitrogen and oxygen atoms in total. The summed E-state index contributed by atoms with van der Waals surface area (Å²) in [6, 6.07) is 3.42. The molecule has 128 valence electrons. The Morgan fingerprint density at radius 2 is 2.33 bits per heavy atom. The number of ether oxygens (including phenoxy) is 1. The molecule has 24 heavy (non-hydrogen) atoms. The number of hydrogen-bond donors (Lipinski definition) is 0. The van der Waals surface area contributed by atoms with Crippen LogP contribution in [-0.4, -0.2) is 45.6 Å². The summed E-state index contributed by atoms with van der Waals surface area (Å²) in [6.07, 6.45) is 10.4. The highest BCUT2D eigenvalue weighted by Crippen LogP contribution is 2.29. The second-order valence-electron chi connectivity index (χ2n) is 6.37. The first-order valence-electron chi connectivity index (χ1n) is 8.37. The molecule has 0 radical (unpaired) electrons. The van der Waals surface area contributed by atoms with Gasteiger partial charge in [0, 0.05) is 44.8 Å². The number of nitrogens with zero attached hydrogens (tertiary/aromatic N) is 4. The number of rotatable bonds is 5. The van der Waals surface area contributed by atoms with Crippen molar-refractivity contribution >= 4 is 5.97 Å². The molecule has 0 unspecified atom stereocenters. The number of aryl methyl sites for hydroxylation is 1. The van der Waals surface area contributed by atoms with E-state index in [1.807, 2.05) is 31.6 Å². The van der Waals surface area contributed by atoms with Crippen LogP contribution in [0.1, 0.15) is 30.3 Å². The average molecular weight is 328 g/mol. The maximum absolute atomic E-state index is 12.4. The van der Waals surface area contributed by atoms with E-state index in [9.17, 15) is 4.79 Å². The molecule has 2 atom stereocenters. The minimum absolute atomic E-state index is 0.222. The standard InChI is InChI=1S/C18H24N4O2/c1-21-10-8-20-16(21)11-14-5-4-9-22(13-14)17(18(23)24-2)15-6-3-7-19-12-15/h3,6-8,10,12,14,17H,4-5,9,11,13H2,1-2H3/t14-,17-/m0/s1. The summed E-state index contributed by atoms with van der Waals surface area (Å²) >= 11 is 0. The third-order valence-electron chi connectivity index (χ3n) is 4.73. The number of hydrogen-bond acceptors (Lipinski definition) is 5. The second kappa shape index (κ2) is 7.57. The molecular formula is C18H24N4O2. The van der Waals surface area contributed by atoms with E-state index in [0.717, 1.165) is 43.7 Å². The molecule has 0 spiro atoms. The first-order valence-corrected chi connectivity index (χ1v) is 8.37. The Bertz CT molecular complexity index is 671. The predicted octanol–water partition coefficient (Wildman–Crippen LogP) is 1.98. The molecule has 0 bridgehead atoms. The number of methoxy groups -OCH3 is 1. The molecule has 0 aromatic carbocycles. The first-order chi connectivity index (χ1) is 11.7. The van der Waals surface area contributed by atoms with Crippen molar-refractivity contribution in [1.29, 1.82) is 0 Å². The van der Waals surface area contributed by atoms with Crippen molar-refractivity contribution in [3.05, 3.63) is 48.3 Å². The van der Waals surface area contributed by atoms with E-state index in [1.165, 1.54) is 7.11 Å². The average Bonchev–Trinajstić information content (AvgIpc) is 3.01. The fourth-order valence-corrected chi connectivity index (χ4v) is 3.50. The number of piperidine rings is 1. The predicted molar refractivity (Wildman–Crippen MR) is 90.2 cm³/mol. The van der Waals surface area contributed by atoms with E-state index in [0.29, 0.717) is 5.92 Å². The molecule has 2 aromatic rings. The minimum Gasteiger partial charge on any atom is -0.468 e. The van der Waals surface area contributed by atoms with Gasteiger partial charge in [-0.1, -0.05) is 6.07 Å². The maximum Gasteiger partial charge on any atom is 0.327 e. The van der Waals surface area contributed by atoms with Gasteiger partial charge in [-0.25, -0.2) is 9.78 Å². The van der Waals surface area contributed by atoms with Crippen LogP contribution in [0.5, 0.6) is 0 Å². The van der Waals surface area contributed by atoms with Crippen LogP contribution >= 0.6 is 0 Å². The topological polar surface area (TPSA) is 60.2 Å². The lowest BCUT2D eigenvalue weighted by atomic mass is 9.92. The lowest BCUT2D eigenvalue weighted by Gasteiger charge is -2.37. The number of aromatic nitrogens is 3. The van der Waals surface area contributed by atoms with Crippen molar-refractivity contribution in [2.24, 2.45) is 13.0 Å². The summed E-state index contributed by atoms with van der Waals surface area (Å²) in [7, 11) is 3.47. The lowest BCUT2D eigenvalue weighted by Crippen LogP contribution is -2.42. The van der Waals surface area contributed by atoms with Gasteiger partial charge < -0.3 is 9.30 Å². The Morgan fingerprint density at radius 1 is 1.46 bits per heavy atom. The van der Waals surface area contributed by atoms with Gasteiger partial charge in [-0.2, -0.15) is 0 Å². The molecule has 3 heterocycles. The van der Waals surface area contributed by atoms with Crippen molar-refractivity contribution in [3.63, 3.8) is 0 Å². The summed E-state index contributed by atoms with van der Waals surface area (Å²) in [4.78, 5) is 23.2. The van der Waals surface area contributed by atoms with Crippen LogP contribution in [0.4, 0.5) is 0 Å². The third-order valence-corrected chi connectivity index (χ3v) is 4.73. The highest BCUT2D eigenvalue weighted by Gasteiger charge is 2.33. The van der Waals surface area contributed by atoms with E-state index in [4.69, 9.17) is 4.74 Å². The Hall–Kier alpha value is -2.21. The largest absolute Gasteiger partial charge is 0.468 e. The van der Waals surface area contributed by atoms with Gasteiger partial charge in [-0.3, -0.25) is 9.88 Å². The summed E-state index contributed by atoms with van der Waals surface area (Å²) in [5.74, 6) is 1.36. The summed E-state index contributed by atoms with van der Waals surface area (Å²) in [5.41, 5.74) is 0.891. The van der Waals surface area contributed by atoms with Gasteiger partial charge in [-0.15, -0.1) is 0 Å². The van der Waals surface area contributed by atoms with Crippen LogP contribution < -0.4 is 0 Å². The normalized spacial score (nSPS) is 19.8. The molecule has 3 rings (SSSR count). The Labute approximate surface area is 142 Å². The van der Waals surface area contributed by atoms with Crippen LogP contribution in [0.3, 0.4) is 0 Å². The summed E-state index contributed by atoms with van der Waals surface area (Å²) in [5, 5.41) is 0. The van der Waals surface area contributed by atoms with Crippen LogP contribution in [0, 0.1) is 5.92 Å². The summed E-state index contributed by atoms with van der Waals surface area (Å²) < 4.78 is 7.12. The Balaban J connectivity index is 1.75. The van der Waals surface area contributed by atoms with Gasteiger partial charge in [0.2, 0.25) is 0 Å². The zero-order valence-corrected chi connectivity index (χ0v) is 14.3. The molecule has 1 aliphatic heterocycles. The molecular weight excluding hydrogens is 304 g/mol. The van der Waals surface area contributed by atoms with Crippen LogP contribution in [0.25, 0.3) is 0 Å². The molecule has 0 N–H and O–H groups in total. The van der Waals surface area contributed by atoms with E-state index in [2.05, 4.69) is 19.4 Å². The molecule has 0 amide bonds. The maximum atomic E-state index is 12.4. The smallest absolute Gasteiger partial charge is 0.327 e. The van der Waals surface area contributed by atoms with Gasteiger partial charge in [-0.05, 0) is 36.9 Å². The van der Waals surface area contributed by atoms with Crippen molar-refractivity contribution < 1.29 is 9.53 Å². The fourth-order valence-electron chi connectivity index (χ4n) is 3.50. The lowest BCUT2D eigenvalue weighted by molar-refractivity contribution is -0.148. The van der Waals surface area contributed by atoms with Crippen LogP contribution in [-0.2, 0) is 23.0 Å². The second-order valence-corrected chi connectivity index (χ2v) is 6.37. The Morgan fingerprint density at radius 3 is 3.00 bits per heavy atom. The van der Waals surface area contributed by atoms with Crippen LogP contribution in [0.15, 0.2) is 36.9 Å². The number of esters is 1. The van der Waals surface area contributed by atoms with Gasteiger partial charge in [0.1, 0.15) is 11.9 Å². The van der Waals surface area contributed by atoms with Crippen LogP contribution in [0.2, 0.25) is 0 Å². The van der Waals surface area contributed by atoms with Crippen molar-refractivity contribution in [2.45, 2.75) is 25.3 Å². The quantitative estimate of drug-likeness (QED) is 0.786. The first kappa shape index (κ1) is 16.6. The number of likely N-dealkylation sites (tertiary alicyclic amines) is 1. The van der Waals surface area contributed by atoms with Gasteiger partial charge in [0.25, 0.3) is 0 Å². The zero-order chi connectivity index (χ0) is 16.9. The van der Waals surface area contributed by atoms with Crippen molar-refractivity contribution in [2.75, 3.05) is 20.2 Å². The molecule has 0 saturated carbocycles. The van der Waals surface area contributed by atoms with Gasteiger partial charge in [0.15, 0.2) is 0 Å². The fraction of sp³-hybridized carbons (Fsp3) is 0.500. The summed E-state index contributed by atoms with van der Waals surface area (Å²) in [6.45, 7) is 1.76.